The largest absolute Gasteiger partial charge is 0.395 e. The van der Waals surface area contributed by atoms with Gasteiger partial charge in [0.25, 0.3) is 0 Å². The Kier molecular flexibility index (Phi) is 6.40. The molecular weight excluding hydrogens is 416 g/mol. The highest BCUT2D eigenvalue weighted by Gasteiger charge is 2.34. The molecule has 0 saturated carbocycles. The van der Waals surface area contributed by atoms with E-state index in [0.29, 0.717) is 30.5 Å². The normalized spacial score (nSPS) is 14.5. The second-order valence-electron chi connectivity index (χ2n) is 9.12. The van der Waals surface area contributed by atoms with Crippen LogP contribution in [0.1, 0.15) is 32.2 Å². The lowest BCUT2D eigenvalue weighted by atomic mass is 9.87. The van der Waals surface area contributed by atoms with Crippen LogP contribution in [0.2, 0.25) is 0 Å². The van der Waals surface area contributed by atoms with Crippen LogP contribution in [0.5, 0.6) is 0 Å². The molecule has 0 radical (unpaired) electrons. The summed E-state index contributed by atoms with van der Waals surface area (Å²) in [7, 11) is 0. The molecular formula is C25H30N6O2. The van der Waals surface area contributed by atoms with Gasteiger partial charge in [0.2, 0.25) is 5.82 Å². The Morgan fingerprint density at radius 3 is 2.15 bits per heavy atom. The zero-order valence-corrected chi connectivity index (χ0v) is 19.5. The number of hydrogen-bond donors (Lipinski definition) is 2. The Morgan fingerprint density at radius 2 is 1.58 bits per heavy atom. The van der Waals surface area contributed by atoms with E-state index in [1.165, 1.54) is 5.56 Å². The minimum atomic E-state index is -0.232. The van der Waals surface area contributed by atoms with E-state index in [1.807, 2.05) is 60.4 Å². The first kappa shape index (κ1) is 22.8. The molecule has 0 saturated heterocycles. The van der Waals surface area contributed by atoms with Crippen LogP contribution in [-0.2, 0) is 0 Å². The molecule has 0 aliphatic carbocycles. The van der Waals surface area contributed by atoms with Gasteiger partial charge in [-0.3, -0.25) is 0 Å². The average molecular weight is 447 g/mol. The summed E-state index contributed by atoms with van der Waals surface area (Å²) < 4.78 is 0. The third-order valence-corrected chi connectivity index (χ3v) is 5.44. The molecule has 8 nitrogen and oxygen atoms in total. The van der Waals surface area contributed by atoms with Crippen LogP contribution >= 0.6 is 0 Å². The number of benzene rings is 2. The lowest BCUT2D eigenvalue weighted by Gasteiger charge is -2.23. The molecule has 8 heteroatoms. The average Bonchev–Trinajstić information content (AvgIpc) is 3.34. The third-order valence-electron chi connectivity index (χ3n) is 5.44. The van der Waals surface area contributed by atoms with Crippen molar-refractivity contribution in [3.8, 4) is 11.4 Å². The highest BCUT2D eigenvalue weighted by Crippen LogP contribution is 2.29. The maximum absolute atomic E-state index is 9.29. The topological polar surface area (TPSA) is 99.1 Å². The van der Waals surface area contributed by atoms with Gasteiger partial charge in [0, 0.05) is 29.8 Å². The molecule has 3 aromatic rings. The molecule has 33 heavy (non-hydrogen) atoms. The zero-order chi connectivity index (χ0) is 23.6. The van der Waals surface area contributed by atoms with Crippen molar-refractivity contribution in [3.63, 3.8) is 0 Å². The molecule has 1 aliphatic heterocycles. The Labute approximate surface area is 193 Å². The number of aliphatic hydroxyl groups is 2. The molecule has 1 aliphatic rings. The number of aliphatic hydroxyl groups excluding tert-OH is 2. The molecule has 0 spiro atoms. The standard InChI is InChI=1S/C25H30N6O2/c1-17-5-7-18(8-6-17)23-27-24-21(22(25(2,3)4)28-31(24)29-23)26-19-9-11-20(12-10-19)30(13-15-32)14-16-33/h5-12,32-33H,13-16H2,1-4H3/b26-21-. The number of fused-ring (bicyclic) bond motifs is 1. The van der Waals surface area contributed by atoms with Crippen LogP contribution in [0.15, 0.2) is 58.6 Å². The van der Waals surface area contributed by atoms with Crippen molar-refractivity contribution >= 4 is 22.8 Å². The monoisotopic (exact) mass is 446 g/mol. The van der Waals surface area contributed by atoms with Crippen molar-refractivity contribution in [2.24, 2.45) is 15.5 Å². The first-order chi connectivity index (χ1) is 15.8. The van der Waals surface area contributed by atoms with E-state index in [0.717, 1.165) is 22.6 Å². The van der Waals surface area contributed by atoms with Crippen LogP contribution in [0.25, 0.3) is 11.4 Å². The van der Waals surface area contributed by atoms with E-state index in [1.54, 1.807) is 4.79 Å². The van der Waals surface area contributed by atoms with Gasteiger partial charge in [0.05, 0.1) is 24.6 Å². The van der Waals surface area contributed by atoms with E-state index in [2.05, 4.69) is 25.9 Å². The van der Waals surface area contributed by atoms with Gasteiger partial charge < -0.3 is 15.1 Å². The van der Waals surface area contributed by atoms with Gasteiger partial charge in [-0.25, -0.2) is 9.98 Å². The molecule has 0 fully saturated rings. The molecule has 0 bridgehead atoms. The fraction of sp³-hybridized carbons (Fsp3) is 0.360. The van der Waals surface area contributed by atoms with Gasteiger partial charge in [0.1, 0.15) is 5.71 Å². The maximum atomic E-state index is 9.29. The minimum Gasteiger partial charge on any atom is -0.395 e. The minimum absolute atomic E-state index is 0.0223. The summed E-state index contributed by atoms with van der Waals surface area (Å²) in [6.45, 7) is 9.30. The van der Waals surface area contributed by atoms with Crippen molar-refractivity contribution in [1.29, 1.82) is 0 Å². The van der Waals surface area contributed by atoms with Crippen molar-refractivity contribution in [1.82, 2.24) is 14.9 Å². The van der Waals surface area contributed by atoms with Crippen LogP contribution in [0.4, 0.5) is 11.4 Å². The summed E-state index contributed by atoms with van der Waals surface area (Å²) >= 11 is 0. The van der Waals surface area contributed by atoms with Crippen molar-refractivity contribution in [2.75, 3.05) is 31.2 Å². The highest BCUT2D eigenvalue weighted by molar-refractivity contribution is 6.50. The molecule has 2 N–H and O–H groups in total. The molecule has 0 unspecified atom stereocenters. The Bertz CT molecular complexity index is 1170. The smallest absolute Gasteiger partial charge is 0.204 e. The van der Waals surface area contributed by atoms with E-state index in [9.17, 15) is 10.2 Å². The molecule has 0 atom stereocenters. The van der Waals surface area contributed by atoms with Crippen molar-refractivity contribution < 1.29 is 10.2 Å². The van der Waals surface area contributed by atoms with Crippen molar-refractivity contribution in [2.45, 2.75) is 27.7 Å². The van der Waals surface area contributed by atoms with Gasteiger partial charge in [-0.2, -0.15) is 5.10 Å². The second-order valence-corrected chi connectivity index (χ2v) is 9.12. The first-order valence-electron chi connectivity index (χ1n) is 11.1. The fourth-order valence-corrected chi connectivity index (χ4v) is 3.68. The van der Waals surface area contributed by atoms with E-state index >= 15 is 0 Å². The van der Waals surface area contributed by atoms with Crippen LogP contribution in [-0.4, -0.2) is 62.8 Å². The van der Waals surface area contributed by atoms with Crippen LogP contribution in [0, 0.1) is 12.3 Å². The molecule has 0 amide bonds. The number of aromatic nitrogens is 3. The van der Waals surface area contributed by atoms with E-state index in [4.69, 9.17) is 15.1 Å². The maximum Gasteiger partial charge on any atom is 0.204 e. The van der Waals surface area contributed by atoms with Crippen LogP contribution < -0.4 is 4.90 Å². The summed E-state index contributed by atoms with van der Waals surface area (Å²) in [5.41, 5.74) is 5.12. The van der Waals surface area contributed by atoms with E-state index in [-0.39, 0.29) is 18.6 Å². The zero-order valence-electron chi connectivity index (χ0n) is 19.5. The Hall–Kier alpha value is -3.36. The number of rotatable bonds is 7. The Balaban J connectivity index is 1.70. The molecule has 2 heterocycles. The van der Waals surface area contributed by atoms with Crippen molar-refractivity contribution in [3.05, 3.63) is 59.9 Å². The molecule has 4 rings (SSSR count). The van der Waals surface area contributed by atoms with Crippen LogP contribution in [0.3, 0.4) is 0 Å². The predicted molar refractivity (Wildman–Crippen MR) is 132 cm³/mol. The first-order valence-corrected chi connectivity index (χ1v) is 11.1. The van der Waals surface area contributed by atoms with E-state index < -0.39 is 0 Å². The molecule has 172 valence electrons. The Morgan fingerprint density at radius 1 is 0.939 bits per heavy atom. The third kappa shape index (κ3) is 4.86. The van der Waals surface area contributed by atoms with Gasteiger partial charge in [-0.1, -0.05) is 50.6 Å². The summed E-state index contributed by atoms with van der Waals surface area (Å²) in [6.07, 6.45) is 0. The summed E-state index contributed by atoms with van der Waals surface area (Å²) in [6, 6.07) is 15.8. The number of nitrogens with zero attached hydrogens (tertiary/aromatic N) is 6. The predicted octanol–water partition coefficient (Wildman–Crippen LogP) is 3.43. The lowest BCUT2D eigenvalue weighted by Crippen LogP contribution is -2.29. The second kappa shape index (κ2) is 9.25. The van der Waals surface area contributed by atoms with Gasteiger partial charge in [0.15, 0.2) is 5.82 Å². The van der Waals surface area contributed by atoms with Gasteiger partial charge in [-0.05, 0) is 31.2 Å². The number of hydrogen-bond acceptors (Lipinski definition) is 7. The van der Waals surface area contributed by atoms with Gasteiger partial charge >= 0.3 is 0 Å². The fourth-order valence-electron chi connectivity index (χ4n) is 3.68. The highest BCUT2D eigenvalue weighted by atomic mass is 16.3. The molecule has 2 aromatic carbocycles. The molecule has 1 aromatic heterocycles. The number of aryl methyl sites for hydroxylation is 1. The quantitative estimate of drug-likeness (QED) is 0.579. The summed E-state index contributed by atoms with van der Waals surface area (Å²) in [5.74, 6) is 1.25. The SMILES string of the molecule is Cc1ccc(-c2nc3n(n2)N=C(C(C)(C)C)/C3=N/c2ccc(N(CCO)CCO)cc2)cc1. The number of anilines is 1. The van der Waals surface area contributed by atoms with Gasteiger partial charge in [-0.15, -0.1) is 9.89 Å². The lowest BCUT2D eigenvalue weighted by molar-refractivity contribution is 0.281. The summed E-state index contributed by atoms with van der Waals surface area (Å²) in [5, 5.41) is 27.9. The summed E-state index contributed by atoms with van der Waals surface area (Å²) in [4.78, 5) is 13.2. The number of aliphatic imine (C=N–C) groups is 1.